The molecule has 1 heterocycles. The van der Waals surface area contributed by atoms with E-state index in [-0.39, 0.29) is 5.69 Å². The maximum Gasteiger partial charge on any atom is 0.275 e. The highest BCUT2D eigenvalue weighted by molar-refractivity contribution is 6.31. The van der Waals surface area contributed by atoms with Crippen molar-refractivity contribution in [3.8, 4) is 0 Å². The fourth-order valence-electron chi connectivity index (χ4n) is 1.66. The summed E-state index contributed by atoms with van der Waals surface area (Å²) >= 11 is 5.99. The van der Waals surface area contributed by atoms with Crippen LogP contribution in [-0.2, 0) is 20.1 Å². The fraction of sp³-hybridized carbons (Fsp3) is 0.273. The summed E-state index contributed by atoms with van der Waals surface area (Å²) in [6, 6.07) is 4.63. The Hall–Kier alpha value is -1.99. The zero-order chi connectivity index (χ0) is 13.8. The SMILES string of the molecule is Cn1cnnc1CNCc1c(Cl)cccc1[N+](=O)[O-]. The molecule has 0 spiro atoms. The Morgan fingerprint density at radius 3 is 2.89 bits per heavy atom. The summed E-state index contributed by atoms with van der Waals surface area (Å²) in [5.41, 5.74) is 0.481. The van der Waals surface area contributed by atoms with Gasteiger partial charge >= 0.3 is 0 Å². The van der Waals surface area contributed by atoms with Crippen molar-refractivity contribution in [1.82, 2.24) is 20.1 Å². The quantitative estimate of drug-likeness (QED) is 0.665. The van der Waals surface area contributed by atoms with Crippen LogP contribution >= 0.6 is 11.6 Å². The molecule has 7 nitrogen and oxygen atoms in total. The van der Waals surface area contributed by atoms with Gasteiger partial charge in [-0.3, -0.25) is 10.1 Å². The van der Waals surface area contributed by atoms with E-state index >= 15 is 0 Å². The van der Waals surface area contributed by atoms with E-state index in [1.165, 1.54) is 6.07 Å². The van der Waals surface area contributed by atoms with E-state index in [4.69, 9.17) is 11.6 Å². The Balaban J connectivity index is 2.07. The molecule has 0 radical (unpaired) electrons. The number of nitro groups is 1. The van der Waals surface area contributed by atoms with E-state index in [2.05, 4.69) is 15.5 Å². The van der Waals surface area contributed by atoms with Crippen LogP contribution in [0.2, 0.25) is 5.02 Å². The first-order chi connectivity index (χ1) is 9.09. The van der Waals surface area contributed by atoms with Crippen molar-refractivity contribution in [1.29, 1.82) is 0 Å². The smallest absolute Gasteiger partial charge is 0.275 e. The number of hydrogen-bond acceptors (Lipinski definition) is 5. The third-order valence-corrected chi connectivity index (χ3v) is 3.03. The van der Waals surface area contributed by atoms with Crippen LogP contribution in [0.25, 0.3) is 0 Å². The summed E-state index contributed by atoms with van der Waals surface area (Å²) in [7, 11) is 1.83. The van der Waals surface area contributed by atoms with Gasteiger partial charge in [-0.2, -0.15) is 0 Å². The van der Waals surface area contributed by atoms with Crippen LogP contribution in [0.15, 0.2) is 24.5 Å². The molecule has 0 atom stereocenters. The van der Waals surface area contributed by atoms with Gasteiger partial charge in [0.25, 0.3) is 5.69 Å². The lowest BCUT2D eigenvalue weighted by Crippen LogP contribution is -2.16. The van der Waals surface area contributed by atoms with Gasteiger partial charge in [0.1, 0.15) is 12.2 Å². The highest BCUT2D eigenvalue weighted by Gasteiger charge is 2.16. The van der Waals surface area contributed by atoms with Gasteiger partial charge in [0.05, 0.1) is 22.1 Å². The Labute approximate surface area is 114 Å². The highest BCUT2D eigenvalue weighted by Crippen LogP contribution is 2.25. The second-order valence-electron chi connectivity index (χ2n) is 3.96. The van der Waals surface area contributed by atoms with Crippen molar-refractivity contribution in [3.63, 3.8) is 0 Å². The average Bonchev–Trinajstić information content (AvgIpc) is 2.77. The number of hydrogen-bond donors (Lipinski definition) is 1. The molecule has 1 aromatic heterocycles. The van der Waals surface area contributed by atoms with Gasteiger partial charge in [-0.1, -0.05) is 17.7 Å². The molecule has 0 saturated heterocycles. The summed E-state index contributed by atoms with van der Waals surface area (Å²) in [6.45, 7) is 0.752. The van der Waals surface area contributed by atoms with E-state index in [0.29, 0.717) is 23.7 Å². The van der Waals surface area contributed by atoms with Crippen molar-refractivity contribution in [2.75, 3.05) is 0 Å². The maximum absolute atomic E-state index is 10.9. The first-order valence-corrected chi connectivity index (χ1v) is 5.92. The molecule has 0 unspecified atom stereocenters. The summed E-state index contributed by atoms with van der Waals surface area (Å²) in [5.74, 6) is 0.745. The minimum Gasteiger partial charge on any atom is -0.320 e. The summed E-state index contributed by atoms with van der Waals surface area (Å²) < 4.78 is 1.77. The van der Waals surface area contributed by atoms with Crippen LogP contribution < -0.4 is 5.32 Å². The lowest BCUT2D eigenvalue weighted by atomic mass is 10.2. The Morgan fingerprint density at radius 1 is 1.47 bits per heavy atom. The fourth-order valence-corrected chi connectivity index (χ4v) is 1.90. The van der Waals surface area contributed by atoms with Crippen LogP contribution in [0.5, 0.6) is 0 Å². The van der Waals surface area contributed by atoms with Crippen molar-refractivity contribution < 1.29 is 4.92 Å². The largest absolute Gasteiger partial charge is 0.320 e. The molecule has 0 saturated carbocycles. The van der Waals surface area contributed by atoms with E-state index in [1.54, 1.807) is 23.0 Å². The second-order valence-corrected chi connectivity index (χ2v) is 4.36. The van der Waals surface area contributed by atoms with Crippen LogP contribution in [0, 0.1) is 10.1 Å². The maximum atomic E-state index is 10.9. The predicted octanol–water partition coefficient (Wildman–Crippen LogP) is 1.67. The zero-order valence-electron chi connectivity index (χ0n) is 10.2. The lowest BCUT2D eigenvalue weighted by molar-refractivity contribution is -0.385. The molecule has 0 amide bonds. The molecule has 0 aliphatic carbocycles. The first kappa shape index (κ1) is 13.4. The summed E-state index contributed by atoms with van der Waals surface area (Å²) in [6.07, 6.45) is 1.59. The molecule has 0 aliphatic heterocycles. The Morgan fingerprint density at radius 2 is 2.26 bits per heavy atom. The zero-order valence-corrected chi connectivity index (χ0v) is 11.0. The van der Waals surface area contributed by atoms with E-state index < -0.39 is 4.92 Å². The number of benzene rings is 1. The van der Waals surface area contributed by atoms with Crippen molar-refractivity contribution in [2.45, 2.75) is 13.1 Å². The second kappa shape index (κ2) is 5.77. The number of rotatable bonds is 5. The minimum atomic E-state index is -0.439. The third kappa shape index (κ3) is 3.07. The highest BCUT2D eigenvalue weighted by atomic mass is 35.5. The van der Waals surface area contributed by atoms with Crippen LogP contribution in [0.3, 0.4) is 0 Å². The van der Waals surface area contributed by atoms with Crippen LogP contribution in [-0.4, -0.2) is 19.7 Å². The van der Waals surface area contributed by atoms with Crippen LogP contribution in [0.1, 0.15) is 11.4 Å². The molecule has 100 valence electrons. The molecule has 2 rings (SSSR count). The number of nitrogens with zero attached hydrogens (tertiary/aromatic N) is 4. The molecule has 2 aromatic rings. The minimum absolute atomic E-state index is 0.0120. The van der Waals surface area contributed by atoms with E-state index in [0.717, 1.165) is 5.82 Å². The number of nitrogens with one attached hydrogen (secondary N) is 1. The number of aromatic nitrogens is 3. The molecule has 0 fully saturated rings. The van der Waals surface area contributed by atoms with Crippen molar-refractivity contribution in [2.24, 2.45) is 7.05 Å². The lowest BCUT2D eigenvalue weighted by Gasteiger charge is -2.07. The predicted molar refractivity (Wildman–Crippen MR) is 69.7 cm³/mol. The van der Waals surface area contributed by atoms with Gasteiger partial charge in [-0.25, -0.2) is 0 Å². The topological polar surface area (TPSA) is 85.9 Å². The van der Waals surface area contributed by atoms with Crippen molar-refractivity contribution >= 4 is 17.3 Å². The molecule has 1 N–H and O–H groups in total. The van der Waals surface area contributed by atoms with Gasteiger partial charge in [0, 0.05) is 19.7 Å². The van der Waals surface area contributed by atoms with Gasteiger partial charge < -0.3 is 9.88 Å². The van der Waals surface area contributed by atoms with E-state index in [1.807, 2.05) is 7.05 Å². The Bertz CT molecular complexity index is 599. The van der Waals surface area contributed by atoms with Crippen LogP contribution in [0.4, 0.5) is 5.69 Å². The molecular formula is C11H12ClN5O2. The van der Waals surface area contributed by atoms with Gasteiger partial charge in [0.15, 0.2) is 0 Å². The molecule has 1 aromatic carbocycles. The van der Waals surface area contributed by atoms with Gasteiger partial charge in [0.2, 0.25) is 0 Å². The average molecular weight is 282 g/mol. The van der Waals surface area contributed by atoms with E-state index in [9.17, 15) is 10.1 Å². The Kier molecular flexibility index (Phi) is 4.08. The number of halogens is 1. The third-order valence-electron chi connectivity index (χ3n) is 2.68. The van der Waals surface area contributed by atoms with Gasteiger partial charge in [-0.05, 0) is 6.07 Å². The van der Waals surface area contributed by atoms with Gasteiger partial charge in [-0.15, -0.1) is 10.2 Å². The molecule has 0 bridgehead atoms. The monoisotopic (exact) mass is 281 g/mol. The standard InChI is InChI=1S/C11H12ClN5O2/c1-16-7-14-15-11(16)6-13-5-8-9(12)3-2-4-10(8)17(18)19/h2-4,7,13H,5-6H2,1H3. The van der Waals surface area contributed by atoms with Crippen molar-refractivity contribution in [3.05, 3.63) is 51.1 Å². The first-order valence-electron chi connectivity index (χ1n) is 5.55. The molecular weight excluding hydrogens is 270 g/mol. The normalized spacial score (nSPS) is 10.6. The summed E-state index contributed by atoms with van der Waals surface area (Å²) in [5, 5.41) is 22.0. The summed E-state index contributed by atoms with van der Waals surface area (Å²) in [4.78, 5) is 10.5. The molecule has 19 heavy (non-hydrogen) atoms. The molecule has 0 aliphatic rings. The number of nitro benzene ring substituents is 1. The molecule has 8 heteroatoms. The number of aryl methyl sites for hydroxylation is 1.